The van der Waals surface area contributed by atoms with Crippen LogP contribution in [0.3, 0.4) is 0 Å². The van der Waals surface area contributed by atoms with Crippen LogP contribution in [0.1, 0.15) is 21.9 Å². The summed E-state index contributed by atoms with van der Waals surface area (Å²) >= 11 is 0. The average Bonchev–Trinajstić information content (AvgIpc) is 2.82. The number of carbonyl (C=O) groups is 1. The van der Waals surface area contributed by atoms with Crippen molar-refractivity contribution in [3.63, 3.8) is 0 Å². The molecule has 2 aromatic rings. The number of carbonyl (C=O) groups excluding carboxylic acids is 1. The summed E-state index contributed by atoms with van der Waals surface area (Å²) in [7, 11) is 0. The van der Waals surface area contributed by atoms with Gasteiger partial charge in [0, 0.05) is 6.07 Å². The van der Waals surface area contributed by atoms with Crippen molar-refractivity contribution >= 4 is 11.7 Å². The van der Waals surface area contributed by atoms with E-state index in [-0.39, 0.29) is 18.1 Å². The van der Waals surface area contributed by atoms with E-state index in [1.54, 1.807) is 24.3 Å². The molecule has 0 unspecified atom stereocenters. The standard InChI is InChI=1S/C11H13N5O2/c1-7-5-8(18-16-7)6-13-11(17)9-3-2-4-10(14-9)15-12/h2-5H,6,12H2,1H3,(H,13,17)(H,14,15). The Morgan fingerprint density at radius 2 is 2.33 bits per heavy atom. The normalized spacial score (nSPS) is 10.1. The topological polar surface area (TPSA) is 106 Å². The SMILES string of the molecule is Cc1cc(CNC(=O)c2cccc(NN)n2)on1. The molecule has 0 aromatic carbocycles. The molecule has 0 bridgehead atoms. The van der Waals surface area contributed by atoms with Gasteiger partial charge in [0.2, 0.25) is 0 Å². The Kier molecular flexibility index (Phi) is 3.54. The van der Waals surface area contributed by atoms with E-state index in [9.17, 15) is 4.79 Å². The van der Waals surface area contributed by atoms with E-state index in [1.165, 1.54) is 0 Å². The lowest BCUT2D eigenvalue weighted by Gasteiger charge is -2.04. The van der Waals surface area contributed by atoms with E-state index < -0.39 is 0 Å². The van der Waals surface area contributed by atoms with Gasteiger partial charge >= 0.3 is 0 Å². The summed E-state index contributed by atoms with van der Waals surface area (Å²) < 4.78 is 4.98. The molecule has 0 aliphatic heterocycles. The summed E-state index contributed by atoms with van der Waals surface area (Å²) in [5, 5.41) is 6.40. The third kappa shape index (κ3) is 2.83. The van der Waals surface area contributed by atoms with Crippen molar-refractivity contribution in [2.75, 3.05) is 5.43 Å². The van der Waals surface area contributed by atoms with Crippen LogP contribution in [0, 0.1) is 6.92 Å². The predicted octanol–water partition coefficient (Wildman–Crippen LogP) is 0.594. The summed E-state index contributed by atoms with van der Waals surface area (Å²) in [6.45, 7) is 2.08. The molecule has 4 N–H and O–H groups in total. The number of pyridine rings is 1. The molecule has 7 heteroatoms. The predicted molar refractivity (Wildman–Crippen MR) is 64.5 cm³/mol. The van der Waals surface area contributed by atoms with Gasteiger partial charge in [-0.25, -0.2) is 10.8 Å². The van der Waals surface area contributed by atoms with E-state index in [1.807, 2.05) is 6.92 Å². The zero-order chi connectivity index (χ0) is 13.0. The molecular formula is C11H13N5O2. The Balaban J connectivity index is 1.99. The number of anilines is 1. The molecule has 0 saturated heterocycles. The van der Waals surface area contributed by atoms with Crippen LogP contribution in [0.25, 0.3) is 0 Å². The van der Waals surface area contributed by atoms with Crippen molar-refractivity contribution < 1.29 is 9.32 Å². The molecule has 2 heterocycles. The lowest BCUT2D eigenvalue weighted by atomic mass is 10.3. The Bertz CT molecular complexity index is 552. The van der Waals surface area contributed by atoms with Crippen molar-refractivity contribution in [2.24, 2.45) is 5.84 Å². The van der Waals surface area contributed by atoms with E-state index in [0.717, 1.165) is 5.69 Å². The first-order chi connectivity index (χ1) is 8.69. The summed E-state index contributed by atoms with van der Waals surface area (Å²) in [6.07, 6.45) is 0. The fraction of sp³-hybridized carbons (Fsp3) is 0.182. The summed E-state index contributed by atoms with van der Waals surface area (Å²) in [6, 6.07) is 6.71. The largest absolute Gasteiger partial charge is 0.359 e. The molecule has 0 aliphatic carbocycles. The molecule has 0 aliphatic rings. The minimum Gasteiger partial charge on any atom is -0.359 e. The second-order valence-electron chi connectivity index (χ2n) is 3.67. The molecule has 0 spiro atoms. The van der Waals surface area contributed by atoms with Gasteiger partial charge in [-0.2, -0.15) is 0 Å². The highest BCUT2D eigenvalue weighted by atomic mass is 16.5. The maximum absolute atomic E-state index is 11.8. The number of hydrogen-bond donors (Lipinski definition) is 3. The van der Waals surface area contributed by atoms with Crippen LogP contribution in [-0.2, 0) is 6.54 Å². The van der Waals surface area contributed by atoms with Crippen molar-refractivity contribution in [1.29, 1.82) is 0 Å². The minimum atomic E-state index is -0.304. The maximum Gasteiger partial charge on any atom is 0.270 e. The monoisotopic (exact) mass is 247 g/mol. The van der Waals surface area contributed by atoms with Crippen molar-refractivity contribution in [1.82, 2.24) is 15.5 Å². The van der Waals surface area contributed by atoms with Crippen molar-refractivity contribution in [2.45, 2.75) is 13.5 Å². The van der Waals surface area contributed by atoms with Crippen LogP contribution in [-0.4, -0.2) is 16.0 Å². The highest BCUT2D eigenvalue weighted by Crippen LogP contribution is 2.04. The zero-order valence-corrected chi connectivity index (χ0v) is 9.80. The lowest BCUT2D eigenvalue weighted by molar-refractivity contribution is 0.0942. The number of rotatable bonds is 4. The van der Waals surface area contributed by atoms with E-state index in [2.05, 4.69) is 20.9 Å². The number of nitrogen functional groups attached to an aromatic ring is 1. The van der Waals surface area contributed by atoms with E-state index in [4.69, 9.17) is 10.4 Å². The Morgan fingerprint density at radius 1 is 1.50 bits per heavy atom. The number of hydrazine groups is 1. The van der Waals surface area contributed by atoms with Gasteiger partial charge < -0.3 is 15.3 Å². The van der Waals surface area contributed by atoms with Gasteiger partial charge in [-0.3, -0.25) is 4.79 Å². The molecule has 0 saturated carbocycles. The molecule has 0 fully saturated rings. The van der Waals surface area contributed by atoms with E-state index >= 15 is 0 Å². The molecule has 2 aromatic heterocycles. The fourth-order valence-corrected chi connectivity index (χ4v) is 1.40. The fourth-order valence-electron chi connectivity index (χ4n) is 1.40. The molecule has 7 nitrogen and oxygen atoms in total. The van der Waals surface area contributed by atoms with Gasteiger partial charge in [-0.05, 0) is 19.1 Å². The first-order valence-electron chi connectivity index (χ1n) is 5.33. The average molecular weight is 247 g/mol. The van der Waals surface area contributed by atoms with Crippen LogP contribution >= 0.6 is 0 Å². The third-order valence-corrected chi connectivity index (χ3v) is 2.23. The van der Waals surface area contributed by atoms with Crippen molar-refractivity contribution in [3.05, 3.63) is 41.4 Å². The second-order valence-corrected chi connectivity index (χ2v) is 3.67. The number of hydrogen-bond acceptors (Lipinski definition) is 6. The van der Waals surface area contributed by atoms with E-state index in [0.29, 0.717) is 11.6 Å². The smallest absolute Gasteiger partial charge is 0.270 e. The highest BCUT2D eigenvalue weighted by molar-refractivity contribution is 5.92. The first-order valence-corrected chi connectivity index (χ1v) is 5.33. The van der Waals surface area contributed by atoms with Crippen LogP contribution in [0.5, 0.6) is 0 Å². The number of nitrogens with zero attached hydrogens (tertiary/aromatic N) is 2. The number of aryl methyl sites for hydroxylation is 1. The molecule has 94 valence electrons. The first kappa shape index (κ1) is 12.1. The Hall–Kier alpha value is -2.41. The van der Waals surface area contributed by atoms with Crippen molar-refractivity contribution in [3.8, 4) is 0 Å². The Labute approximate surface area is 103 Å². The maximum atomic E-state index is 11.8. The molecule has 0 radical (unpaired) electrons. The Morgan fingerprint density at radius 3 is 3.00 bits per heavy atom. The zero-order valence-electron chi connectivity index (χ0n) is 9.80. The summed E-state index contributed by atoms with van der Waals surface area (Å²) in [4.78, 5) is 15.8. The van der Waals surface area contributed by atoms with Gasteiger partial charge in [0.15, 0.2) is 5.76 Å². The van der Waals surface area contributed by atoms with Crippen LogP contribution < -0.4 is 16.6 Å². The number of amides is 1. The number of nitrogens with two attached hydrogens (primary N) is 1. The van der Waals surface area contributed by atoms with Gasteiger partial charge in [0.25, 0.3) is 5.91 Å². The van der Waals surface area contributed by atoms with Gasteiger partial charge in [0.1, 0.15) is 11.5 Å². The highest BCUT2D eigenvalue weighted by Gasteiger charge is 2.09. The molecule has 2 rings (SSSR count). The van der Waals surface area contributed by atoms with Gasteiger partial charge in [-0.1, -0.05) is 11.2 Å². The number of nitrogens with one attached hydrogen (secondary N) is 2. The second kappa shape index (κ2) is 5.28. The summed E-state index contributed by atoms with van der Waals surface area (Å²) in [5.74, 6) is 5.94. The minimum absolute atomic E-state index is 0.266. The lowest BCUT2D eigenvalue weighted by Crippen LogP contribution is -2.24. The molecular weight excluding hydrogens is 234 g/mol. The van der Waals surface area contributed by atoms with Gasteiger partial charge in [-0.15, -0.1) is 0 Å². The number of aromatic nitrogens is 2. The molecule has 18 heavy (non-hydrogen) atoms. The van der Waals surface area contributed by atoms with Crippen LogP contribution in [0.15, 0.2) is 28.8 Å². The van der Waals surface area contributed by atoms with Crippen LogP contribution in [0.2, 0.25) is 0 Å². The van der Waals surface area contributed by atoms with Crippen LogP contribution in [0.4, 0.5) is 5.82 Å². The quantitative estimate of drug-likeness (QED) is 0.539. The third-order valence-electron chi connectivity index (χ3n) is 2.23. The molecule has 1 amide bonds. The summed E-state index contributed by atoms with van der Waals surface area (Å²) in [5.41, 5.74) is 3.43. The molecule has 0 atom stereocenters. The van der Waals surface area contributed by atoms with Gasteiger partial charge in [0.05, 0.1) is 12.2 Å².